The third-order valence-electron chi connectivity index (χ3n) is 3.22. The van der Waals surface area contributed by atoms with E-state index in [0.29, 0.717) is 11.4 Å². The van der Waals surface area contributed by atoms with Crippen LogP contribution in [0.3, 0.4) is 0 Å². The van der Waals surface area contributed by atoms with Crippen molar-refractivity contribution >= 4 is 39.6 Å². The normalized spacial score (nSPS) is 11.0. The largest absolute Gasteiger partial charge is 0.497 e. The monoisotopic (exact) mass is 326 g/mol. The summed E-state index contributed by atoms with van der Waals surface area (Å²) in [5.74, 6) is 0.670. The van der Waals surface area contributed by atoms with Crippen molar-refractivity contribution in [2.24, 2.45) is 10.2 Å². The van der Waals surface area contributed by atoms with Crippen LogP contribution in [0.1, 0.15) is 0 Å². The van der Waals surface area contributed by atoms with E-state index in [1.165, 1.54) is 0 Å². The lowest BCUT2D eigenvalue weighted by Gasteiger charge is -2.05. The first-order valence-electron chi connectivity index (χ1n) is 6.84. The standard InChI is InChI=1S/C16H14N4O2S/c1-22-11-6-4-5-10(9-11)17-16(23)20-19-14-12-7-2-3-8-13(12)18-15(14)21/h2-9,18,21H,1H3,(H,17,23). The number of aromatic amines is 1. The molecule has 0 radical (unpaired) electrons. The van der Waals surface area contributed by atoms with Gasteiger partial charge in [0.05, 0.1) is 12.6 Å². The molecule has 1 heterocycles. The van der Waals surface area contributed by atoms with Crippen molar-refractivity contribution < 1.29 is 9.84 Å². The number of hydrogen-bond donors (Lipinski definition) is 3. The Labute approximate surface area is 137 Å². The Bertz CT molecular complexity index is 889. The van der Waals surface area contributed by atoms with Crippen LogP contribution in [0.5, 0.6) is 11.6 Å². The number of azo groups is 1. The average molecular weight is 326 g/mol. The van der Waals surface area contributed by atoms with E-state index in [1.54, 1.807) is 13.2 Å². The van der Waals surface area contributed by atoms with Gasteiger partial charge < -0.3 is 20.1 Å². The molecule has 0 saturated carbocycles. The number of para-hydroxylation sites is 1. The summed E-state index contributed by atoms with van der Waals surface area (Å²) in [4.78, 5) is 2.84. The first-order chi connectivity index (χ1) is 11.2. The number of hydrogen-bond acceptors (Lipinski definition) is 4. The lowest BCUT2D eigenvalue weighted by molar-refractivity contribution is 0.415. The third-order valence-corrected chi connectivity index (χ3v) is 3.41. The molecule has 0 saturated heterocycles. The second kappa shape index (κ2) is 6.45. The number of nitrogens with one attached hydrogen (secondary N) is 2. The summed E-state index contributed by atoms with van der Waals surface area (Å²) in [6.07, 6.45) is 0. The molecule has 3 N–H and O–H groups in total. The predicted octanol–water partition coefficient (Wildman–Crippen LogP) is 4.36. The molecule has 2 aromatic carbocycles. The molecule has 116 valence electrons. The minimum atomic E-state index is -0.0425. The number of aromatic hydroxyl groups is 1. The SMILES string of the molecule is COc1cccc(NC(=S)N=Nc2c(O)[nH]c3ccccc23)c1. The third kappa shape index (κ3) is 3.29. The number of nitrogens with zero attached hydrogens (tertiary/aromatic N) is 2. The zero-order chi connectivity index (χ0) is 16.2. The van der Waals surface area contributed by atoms with Crippen LogP contribution in [0.15, 0.2) is 58.8 Å². The molecule has 0 amide bonds. The molecular formula is C16H14N4O2S. The number of ether oxygens (including phenoxy) is 1. The van der Waals surface area contributed by atoms with Gasteiger partial charge in [0.25, 0.3) is 0 Å². The maximum Gasteiger partial charge on any atom is 0.218 e. The van der Waals surface area contributed by atoms with Gasteiger partial charge in [-0.25, -0.2) is 0 Å². The van der Waals surface area contributed by atoms with Crippen LogP contribution in [0.25, 0.3) is 10.9 Å². The summed E-state index contributed by atoms with van der Waals surface area (Å²) in [5, 5.41) is 21.8. The topological polar surface area (TPSA) is 82.0 Å². The van der Waals surface area contributed by atoms with Crippen LogP contribution in [-0.2, 0) is 0 Å². The molecule has 3 aromatic rings. The van der Waals surface area contributed by atoms with Crippen molar-refractivity contribution in [2.45, 2.75) is 0 Å². The summed E-state index contributed by atoms with van der Waals surface area (Å²) >= 11 is 5.15. The molecule has 0 aliphatic heterocycles. The molecule has 0 fully saturated rings. The number of rotatable bonds is 3. The summed E-state index contributed by atoms with van der Waals surface area (Å²) in [5.41, 5.74) is 1.89. The Balaban J connectivity index is 1.78. The molecular weight excluding hydrogens is 312 g/mol. The Morgan fingerprint density at radius 2 is 2.04 bits per heavy atom. The van der Waals surface area contributed by atoms with Gasteiger partial charge in [-0.2, -0.15) is 0 Å². The predicted molar refractivity (Wildman–Crippen MR) is 93.7 cm³/mol. The zero-order valence-corrected chi connectivity index (χ0v) is 13.1. The van der Waals surface area contributed by atoms with E-state index >= 15 is 0 Å². The molecule has 0 aliphatic rings. The van der Waals surface area contributed by atoms with Crippen LogP contribution in [-0.4, -0.2) is 22.3 Å². The van der Waals surface area contributed by atoms with Gasteiger partial charge in [-0.3, -0.25) is 0 Å². The lowest BCUT2D eigenvalue weighted by atomic mass is 10.2. The first kappa shape index (κ1) is 15.0. The number of aromatic nitrogens is 1. The van der Waals surface area contributed by atoms with Gasteiger partial charge in [-0.1, -0.05) is 24.3 Å². The second-order valence-electron chi connectivity index (χ2n) is 4.73. The highest BCUT2D eigenvalue weighted by Crippen LogP contribution is 2.35. The summed E-state index contributed by atoms with van der Waals surface area (Å²) in [6, 6.07) is 14.7. The molecule has 0 bridgehead atoms. The van der Waals surface area contributed by atoms with Gasteiger partial charge in [0.15, 0.2) is 5.69 Å². The molecule has 3 rings (SSSR count). The molecule has 0 atom stereocenters. The number of methoxy groups -OCH3 is 1. The van der Waals surface area contributed by atoms with Gasteiger partial charge in [0.1, 0.15) is 5.75 Å². The fourth-order valence-electron chi connectivity index (χ4n) is 2.16. The maximum atomic E-state index is 9.92. The molecule has 6 nitrogen and oxygen atoms in total. The van der Waals surface area contributed by atoms with Crippen molar-refractivity contribution in [3.63, 3.8) is 0 Å². The van der Waals surface area contributed by atoms with Crippen molar-refractivity contribution in [1.29, 1.82) is 0 Å². The minimum absolute atomic E-state index is 0.0425. The number of thiocarbonyl (C=S) groups is 1. The quantitative estimate of drug-likeness (QED) is 0.493. The fraction of sp³-hybridized carbons (Fsp3) is 0.0625. The van der Waals surface area contributed by atoms with E-state index in [-0.39, 0.29) is 11.0 Å². The van der Waals surface area contributed by atoms with E-state index in [9.17, 15) is 5.11 Å². The van der Waals surface area contributed by atoms with Gasteiger partial charge in [-0.15, -0.1) is 10.2 Å². The van der Waals surface area contributed by atoms with Gasteiger partial charge in [0.2, 0.25) is 11.0 Å². The molecule has 0 spiro atoms. The van der Waals surface area contributed by atoms with E-state index < -0.39 is 0 Å². The summed E-state index contributed by atoms with van der Waals surface area (Å²) in [6.45, 7) is 0. The average Bonchev–Trinajstić information content (AvgIpc) is 2.88. The fourth-order valence-corrected chi connectivity index (χ4v) is 2.32. The number of benzene rings is 2. The summed E-state index contributed by atoms with van der Waals surface area (Å²) < 4.78 is 5.14. The van der Waals surface area contributed by atoms with Gasteiger partial charge >= 0.3 is 0 Å². The van der Waals surface area contributed by atoms with Crippen LogP contribution in [0.4, 0.5) is 11.4 Å². The number of anilines is 1. The molecule has 1 aromatic heterocycles. The Kier molecular flexibility index (Phi) is 4.20. The molecule has 23 heavy (non-hydrogen) atoms. The molecule has 7 heteroatoms. The minimum Gasteiger partial charge on any atom is -0.497 e. The Morgan fingerprint density at radius 1 is 1.22 bits per heavy atom. The van der Waals surface area contributed by atoms with E-state index in [1.807, 2.05) is 42.5 Å². The lowest BCUT2D eigenvalue weighted by Crippen LogP contribution is -2.04. The van der Waals surface area contributed by atoms with E-state index in [2.05, 4.69) is 20.5 Å². The van der Waals surface area contributed by atoms with E-state index in [4.69, 9.17) is 17.0 Å². The van der Waals surface area contributed by atoms with E-state index in [0.717, 1.165) is 16.6 Å². The van der Waals surface area contributed by atoms with Crippen molar-refractivity contribution in [3.8, 4) is 11.6 Å². The van der Waals surface area contributed by atoms with Crippen LogP contribution < -0.4 is 10.1 Å². The van der Waals surface area contributed by atoms with Crippen LogP contribution in [0, 0.1) is 0 Å². The highest BCUT2D eigenvalue weighted by Gasteiger charge is 2.09. The van der Waals surface area contributed by atoms with Crippen LogP contribution in [0.2, 0.25) is 0 Å². The van der Waals surface area contributed by atoms with Gasteiger partial charge in [0, 0.05) is 17.1 Å². The van der Waals surface area contributed by atoms with Crippen molar-refractivity contribution in [1.82, 2.24) is 4.98 Å². The Morgan fingerprint density at radius 3 is 2.87 bits per heavy atom. The second-order valence-corrected chi connectivity index (χ2v) is 5.12. The first-order valence-corrected chi connectivity index (χ1v) is 7.24. The smallest absolute Gasteiger partial charge is 0.218 e. The van der Waals surface area contributed by atoms with Gasteiger partial charge in [-0.05, 0) is 30.4 Å². The molecule has 0 unspecified atom stereocenters. The Hall–Kier alpha value is -2.93. The molecule has 0 aliphatic carbocycles. The van der Waals surface area contributed by atoms with Crippen molar-refractivity contribution in [3.05, 3.63) is 48.5 Å². The summed E-state index contributed by atoms with van der Waals surface area (Å²) in [7, 11) is 1.59. The highest BCUT2D eigenvalue weighted by atomic mass is 32.1. The van der Waals surface area contributed by atoms with Crippen LogP contribution >= 0.6 is 12.2 Å². The number of H-pyrrole nitrogens is 1. The number of fused-ring (bicyclic) bond motifs is 1. The van der Waals surface area contributed by atoms with Crippen molar-refractivity contribution in [2.75, 3.05) is 12.4 Å². The highest BCUT2D eigenvalue weighted by molar-refractivity contribution is 7.80. The maximum absolute atomic E-state index is 9.92. The zero-order valence-electron chi connectivity index (χ0n) is 12.3.